The van der Waals surface area contributed by atoms with Crippen LogP contribution in [0.1, 0.15) is 46.5 Å². The number of hydrogen-bond acceptors (Lipinski definition) is 4. The Morgan fingerprint density at radius 3 is 2.56 bits per heavy atom. The Morgan fingerprint density at radius 1 is 1.39 bits per heavy atom. The van der Waals surface area contributed by atoms with Gasteiger partial charge < -0.3 is 15.4 Å². The van der Waals surface area contributed by atoms with Crippen LogP contribution in [-0.4, -0.2) is 31.3 Å². The molecular weight excluding hydrogens is 230 g/mol. The summed E-state index contributed by atoms with van der Waals surface area (Å²) in [4.78, 5) is 11.6. The quantitative estimate of drug-likeness (QED) is 0.684. The molecule has 104 valence electrons. The molecular formula is C13H25N3O2. The Kier molecular flexibility index (Phi) is 8.14. The maximum atomic E-state index is 11.6. The summed E-state index contributed by atoms with van der Waals surface area (Å²) in [7, 11) is 1.91. The number of nitrogens with one attached hydrogen (secondary N) is 2. The van der Waals surface area contributed by atoms with Gasteiger partial charge in [-0.25, -0.2) is 4.79 Å². The van der Waals surface area contributed by atoms with E-state index in [1.165, 1.54) is 0 Å². The van der Waals surface area contributed by atoms with E-state index < -0.39 is 11.7 Å². The molecule has 5 heteroatoms. The zero-order valence-corrected chi connectivity index (χ0v) is 11.9. The zero-order chi connectivity index (χ0) is 14.0. The van der Waals surface area contributed by atoms with Crippen LogP contribution in [0.25, 0.3) is 0 Å². The average Bonchev–Trinajstić information content (AvgIpc) is 2.21. The van der Waals surface area contributed by atoms with Crippen molar-refractivity contribution in [1.82, 2.24) is 10.6 Å². The van der Waals surface area contributed by atoms with E-state index in [2.05, 4.69) is 16.7 Å². The second-order valence-electron chi connectivity index (χ2n) is 5.30. The molecule has 0 aromatic rings. The lowest BCUT2D eigenvalue weighted by Crippen LogP contribution is -2.39. The van der Waals surface area contributed by atoms with Gasteiger partial charge in [-0.2, -0.15) is 5.26 Å². The van der Waals surface area contributed by atoms with E-state index >= 15 is 0 Å². The van der Waals surface area contributed by atoms with Crippen LogP contribution in [0.4, 0.5) is 4.79 Å². The van der Waals surface area contributed by atoms with E-state index in [1.807, 2.05) is 27.8 Å². The van der Waals surface area contributed by atoms with E-state index in [9.17, 15) is 4.79 Å². The first-order chi connectivity index (χ1) is 8.39. The molecule has 0 radical (unpaired) electrons. The zero-order valence-electron chi connectivity index (χ0n) is 11.9. The average molecular weight is 255 g/mol. The number of amides is 1. The third kappa shape index (κ3) is 9.91. The number of carbonyl (C=O) groups is 1. The lowest BCUT2D eigenvalue weighted by Gasteiger charge is -2.22. The van der Waals surface area contributed by atoms with Crippen molar-refractivity contribution in [3.05, 3.63) is 0 Å². The Balaban J connectivity index is 4.03. The van der Waals surface area contributed by atoms with E-state index in [4.69, 9.17) is 10.00 Å². The van der Waals surface area contributed by atoms with Crippen LogP contribution < -0.4 is 10.6 Å². The third-order valence-corrected chi connectivity index (χ3v) is 2.29. The van der Waals surface area contributed by atoms with Crippen LogP contribution in [-0.2, 0) is 4.74 Å². The van der Waals surface area contributed by atoms with Gasteiger partial charge in [0.1, 0.15) is 5.60 Å². The largest absolute Gasteiger partial charge is 0.444 e. The molecule has 1 atom stereocenters. The Labute approximate surface area is 110 Å². The van der Waals surface area contributed by atoms with Gasteiger partial charge in [-0.15, -0.1) is 0 Å². The number of ether oxygens (including phenoxy) is 1. The standard InChI is InChI=1S/C13H25N3O2/c1-13(2,3)18-12(17)16-11(8-9-14)7-5-6-10-15-4/h11,15H,5-8,10H2,1-4H3,(H,16,17)/t11-/m0/s1. The van der Waals surface area contributed by atoms with Crippen molar-refractivity contribution < 1.29 is 9.53 Å². The summed E-state index contributed by atoms with van der Waals surface area (Å²) in [5.74, 6) is 0. The number of rotatable bonds is 7. The first-order valence-electron chi connectivity index (χ1n) is 6.40. The number of unbranched alkanes of at least 4 members (excludes halogenated alkanes) is 1. The molecule has 0 heterocycles. The molecule has 0 unspecified atom stereocenters. The highest BCUT2D eigenvalue weighted by atomic mass is 16.6. The summed E-state index contributed by atoms with van der Waals surface area (Å²) in [6, 6.07) is 1.97. The predicted molar refractivity (Wildman–Crippen MR) is 71.2 cm³/mol. The topological polar surface area (TPSA) is 74.2 Å². The summed E-state index contributed by atoms with van der Waals surface area (Å²) >= 11 is 0. The summed E-state index contributed by atoms with van der Waals surface area (Å²) in [5, 5.41) is 14.5. The van der Waals surface area contributed by atoms with E-state index in [0.29, 0.717) is 6.42 Å². The molecule has 5 nitrogen and oxygen atoms in total. The van der Waals surface area contributed by atoms with Gasteiger partial charge in [0, 0.05) is 6.04 Å². The van der Waals surface area contributed by atoms with Crippen molar-refractivity contribution >= 4 is 6.09 Å². The monoisotopic (exact) mass is 255 g/mol. The molecule has 0 aromatic carbocycles. The molecule has 2 N–H and O–H groups in total. The predicted octanol–water partition coefficient (Wildman–Crippen LogP) is 2.18. The van der Waals surface area contributed by atoms with Crippen LogP contribution in [0.2, 0.25) is 0 Å². The number of carbonyl (C=O) groups excluding carboxylic acids is 1. The molecule has 0 saturated heterocycles. The van der Waals surface area contributed by atoms with Gasteiger partial charge in [0.2, 0.25) is 0 Å². The van der Waals surface area contributed by atoms with E-state index in [1.54, 1.807) is 0 Å². The SMILES string of the molecule is CNCCCC[C@@H](CC#N)NC(=O)OC(C)(C)C. The number of alkyl carbamates (subject to hydrolysis) is 1. The highest BCUT2D eigenvalue weighted by Crippen LogP contribution is 2.09. The fourth-order valence-electron chi connectivity index (χ4n) is 1.50. The molecule has 1 amide bonds. The van der Waals surface area contributed by atoms with Gasteiger partial charge in [-0.1, -0.05) is 6.42 Å². The Hall–Kier alpha value is -1.28. The summed E-state index contributed by atoms with van der Waals surface area (Å²) in [6.45, 7) is 6.40. The molecule has 0 rings (SSSR count). The van der Waals surface area contributed by atoms with Crippen LogP contribution >= 0.6 is 0 Å². The molecule has 0 bridgehead atoms. The number of nitrogens with zero attached hydrogens (tertiary/aromatic N) is 1. The molecule has 0 aliphatic heterocycles. The third-order valence-electron chi connectivity index (χ3n) is 2.29. The van der Waals surface area contributed by atoms with Gasteiger partial charge in [0.05, 0.1) is 12.5 Å². The minimum absolute atomic E-state index is 0.123. The summed E-state index contributed by atoms with van der Waals surface area (Å²) < 4.78 is 5.17. The molecule has 18 heavy (non-hydrogen) atoms. The maximum absolute atomic E-state index is 11.6. The number of nitriles is 1. The summed E-state index contributed by atoms with van der Waals surface area (Å²) in [5.41, 5.74) is -0.507. The van der Waals surface area contributed by atoms with E-state index in [0.717, 1.165) is 25.8 Å². The van der Waals surface area contributed by atoms with Crippen molar-refractivity contribution in [3.63, 3.8) is 0 Å². The highest BCUT2D eigenvalue weighted by molar-refractivity contribution is 5.68. The maximum Gasteiger partial charge on any atom is 0.407 e. The van der Waals surface area contributed by atoms with Gasteiger partial charge in [-0.05, 0) is 47.2 Å². The van der Waals surface area contributed by atoms with Gasteiger partial charge >= 0.3 is 6.09 Å². The van der Waals surface area contributed by atoms with E-state index in [-0.39, 0.29) is 6.04 Å². The smallest absolute Gasteiger partial charge is 0.407 e. The molecule has 0 saturated carbocycles. The molecule has 0 aliphatic rings. The Bertz CT molecular complexity index is 279. The van der Waals surface area contributed by atoms with Crippen molar-refractivity contribution in [3.8, 4) is 6.07 Å². The molecule has 0 spiro atoms. The van der Waals surface area contributed by atoms with Gasteiger partial charge in [0.15, 0.2) is 0 Å². The fourth-order valence-corrected chi connectivity index (χ4v) is 1.50. The normalized spacial score (nSPS) is 12.6. The number of hydrogen-bond donors (Lipinski definition) is 2. The first-order valence-corrected chi connectivity index (χ1v) is 6.40. The minimum atomic E-state index is -0.507. The lowest BCUT2D eigenvalue weighted by molar-refractivity contribution is 0.0502. The first kappa shape index (κ1) is 16.7. The molecule has 0 aromatic heterocycles. The van der Waals surface area contributed by atoms with Crippen LogP contribution in [0, 0.1) is 11.3 Å². The summed E-state index contributed by atoms with van der Waals surface area (Å²) in [6.07, 6.45) is 2.68. The van der Waals surface area contributed by atoms with Gasteiger partial charge in [-0.3, -0.25) is 0 Å². The minimum Gasteiger partial charge on any atom is -0.444 e. The van der Waals surface area contributed by atoms with Crippen molar-refractivity contribution in [2.45, 2.75) is 58.1 Å². The van der Waals surface area contributed by atoms with Crippen molar-refractivity contribution in [2.24, 2.45) is 0 Å². The van der Waals surface area contributed by atoms with Crippen LogP contribution in [0.15, 0.2) is 0 Å². The second-order valence-corrected chi connectivity index (χ2v) is 5.30. The second kappa shape index (κ2) is 8.76. The highest BCUT2D eigenvalue weighted by Gasteiger charge is 2.19. The Morgan fingerprint density at radius 2 is 2.06 bits per heavy atom. The molecule has 0 aliphatic carbocycles. The van der Waals surface area contributed by atoms with Crippen molar-refractivity contribution in [1.29, 1.82) is 5.26 Å². The van der Waals surface area contributed by atoms with Crippen LogP contribution in [0.5, 0.6) is 0 Å². The lowest BCUT2D eigenvalue weighted by atomic mass is 10.1. The van der Waals surface area contributed by atoms with Gasteiger partial charge in [0.25, 0.3) is 0 Å². The fraction of sp³-hybridized carbons (Fsp3) is 0.846. The molecule has 0 fully saturated rings. The van der Waals surface area contributed by atoms with Crippen molar-refractivity contribution in [2.75, 3.05) is 13.6 Å². The van der Waals surface area contributed by atoms with Crippen LogP contribution in [0.3, 0.4) is 0 Å².